The van der Waals surface area contributed by atoms with E-state index in [-0.39, 0.29) is 6.09 Å². The van der Waals surface area contributed by atoms with Crippen molar-refractivity contribution in [2.24, 2.45) is 0 Å². The molecule has 0 aliphatic rings. The van der Waals surface area contributed by atoms with Crippen LogP contribution in [0.5, 0.6) is 0 Å². The maximum atomic E-state index is 12.7. The van der Waals surface area contributed by atoms with Gasteiger partial charge in [-0.3, -0.25) is 0 Å². The van der Waals surface area contributed by atoms with E-state index in [9.17, 15) is 4.79 Å². The lowest BCUT2D eigenvalue weighted by Crippen LogP contribution is -2.27. The van der Waals surface area contributed by atoms with Crippen molar-refractivity contribution in [3.63, 3.8) is 0 Å². The van der Waals surface area contributed by atoms with Gasteiger partial charge in [0.15, 0.2) is 5.65 Å². The van der Waals surface area contributed by atoms with E-state index in [1.165, 1.54) is 0 Å². The molecule has 0 unspecified atom stereocenters. The number of ether oxygens (including phenoxy) is 1. The van der Waals surface area contributed by atoms with E-state index in [1.807, 2.05) is 39.8 Å². The third kappa shape index (κ3) is 4.20. The molecule has 31 heavy (non-hydrogen) atoms. The van der Waals surface area contributed by atoms with Crippen LogP contribution in [0.25, 0.3) is 22.1 Å². The number of rotatable bonds is 3. The van der Waals surface area contributed by atoms with E-state index in [2.05, 4.69) is 59.2 Å². The molecule has 0 saturated heterocycles. The minimum Gasteiger partial charge on any atom is -0.443 e. The van der Waals surface area contributed by atoms with Crippen LogP contribution in [-0.4, -0.2) is 30.8 Å². The van der Waals surface area contributed by atoms with Crippen molar-refractivity contribution in [3.8, 4) is 0 Å². The quantitative estimate of drug-likeness (QED) is 0.305. The monoisotopic (exact) mass is 530 g/mol. The van der Waals surface area contributed by atoms with Crippen molar-refractivity contribution >= 4 is 50.8 Å². The number of pyridine rings is 1. The van der Waals surface area contributed by atoms with E-state index < -0.39 is 5.60 Å². The molecule has 4 aromatic rings. The number of halogens is 1. The summed E-state index contributed by atoms with van der Waals surface area (Å²) in [5.41, 5.74) is 5.48. The van der Waals surface area contributed by atoms with Crippen LogP contribution in [0, 0.1) is 17.5 Å². The Morgan fingerprint density at radius 3 is 2.55 bits per heavy atom. The van der Waals surface area contributed by atoms with Gasteiger partial charge in [0.05, 0.1) is 15.8 Å². The zero-order chi connectivity index (χ0) is 22.5. The lowest BCUT2D eigenvalue weighted by Gasteiger charge is -2.20. The van der Waals surface area contributed by atoms with Gasteiger partial charge in [-0.25, -0.2) is 19.3 Å². The molecule has 6 nitrogen and oxygen atoms in total. The summed E-state index contributed by atoms with van der Waals surface area (Å²) in [4.78, 5) is 22.3. The van der Waals surface area contributed by atoms with E-state index >= 15 is 0 Å². The highest BCUT2D eigenvalue weighted by Gasteiger charge is 2.22. The van der Waals surface area contributed by atoms with Crippen LogP contribution in [0.3, 0.4) is 0 Å². The Kier molecular flexibility index (Phi) is 5.57. The molecular formula is C24H27IN4O2. The molecule has 0 bridgehead atoms. The highest BCUT2D eigenvalue weighted by molar-refractivity contribution is 14.1. The SMILES string of the molecule is CCc1nc2c(C)cc(C)nc2n1Cc1ccc2c(c1)cc(I)n2C(=O)OC(C)(C)C. The highest BCUT2D eigenvalue weighted by atomic mass is 127. The van der Waals surface area contributed by atoms with Gasteiger partial charge in [0.2, 0.25) is 0 Å². The summed E-state index contributed by atoms with van der Waals surface area (Å²) in [6.07, 6.45) is 0.480. The molecular weight excluding hydrogens is 503 g/mol. The molecule has 0 atom stereocenters. The number of hydrogen-bond donors (Lipinski definition) is 0. The van der Waals surface area contributed by atoms with Crippen LogP contribution in [0.1, 0.15) is 50.3 Å². The van der Waals surface area contributed by atoms with Gasteiger partial charge in [-0.1, -0.05) is 13.0 Å². The Hall–Kier alpha value is -2.42. The molecule has 0 fully saturated rings. The first-order valence-corrected chi connectivity index (χ1v) is 11.5. The van der Waals surface area contributed by atoms with Crippen molar-refractivity contribution in [1.82, 2.24) is 19.1 Å². The zero-order valence-electron chi connectivity index (χ0n) is 18.8. The van der Waals surface area contributed by atoms with Crippen molar-refractivity contribution in [2.45, 2.75) is 60.1 Å². The summed E-state index contributed by atoms with van der Waals surface area (Å²) in [6.45, 7) is 12.5. The molecule has 0 aliphatic carbocycles. The van der Waals surface area contributed by atoms with Crippen LogP contribution in [0.4, 0.5) is 4.79 Å². The number of aromatic nitrogens is 4. The third-order valence-corrected chi connectivity index (χ3v) is 5.95. The van der Waals surface area contributed by atoms with E-state index in [0.717, 1.165) is 54.8 Å². The predicted octanol–water partition coefficient (Wildman–Crippen LogP) is 6.00. The normalized spacial score (nSPS) is 12.1. The van der Waals surface area contributed by atoms with Gasteiger partial charge < -0.3 is 9.30 Å². The Balaban J connectivity index is 1.75. The Morgan fingerprint density at radius 1 is 1.13 bits per heavy atom. The molecule has 0 radical (unpaired) electrons. The van der Waals surface area contributed by atoms with Gasteiger partial charge in [0.1, 0.15) is 16.9 Å². The lowest BCUT2D eigenvalue weighted by atomic mass is 10.1. The highest BCUT2D eigenvalue weighted by Crippen LogP contribution is 2.26. The molecule has 0 N–H and O–H groups in total. The van der Waals surface area contributed by atoms with Crippen molar-refractivity contribution in [1.29, 1.82) is 0 Å². The average molecular weight is 530 g/mol. The summed E-state index contributed by atoms with van der Waals surface area (Å²) in [6, 6.07) is 10.3. The fourth-order valence-electron chi connectivity index (χ4n) is 3.89. The predicted molar refractivity (Wildman–Crippen MR) is 132 cm³/mol. The zero-order valence-corrected chi connectivity index (χ0v) is 20.9. The van der Waals surface area contributed by atoms with Gasteiger partial charge in [-0.15, -0.1) is 0 Å². The lowest BCUT2D eigenvalue weighted by molar-refractivity contribution is 0.0540. The van der Waals surface area contributed by atoms with Gasteiger partial charge in [-0.05, 0) is 92.6 Å². The smallest absolute Gasteiger partial charge is 0.419 e. The third-order valence-electron chi connectivity index (χ3n) is 5.16. The van der Waals surface area contributed by atoms with Crippen LogP contribution in [-0.2, 0) is 17.7 Å². The van der Waals surface area contributed by atoms with Crippen molar-refractivity contribution < 1.29 is 9.53 Å². The number of nitrogens with zero attached hydrogens (tertiary/aromatic N) is 4. The van der Waals surface area contributed by atoms with E-state index in [0.29, 0.717) is 6.54 Å². The number of aryl methyl sites for hydroxylation is 3. The van der Waals surface area contributed by atoms with E-state index in [1.54, 1.807) is 4.57 Å². The number of hydrogen-bond acceptors (Lipinski definition) is 4. The number of carbonyl (C=O) groups excluding carboxylic acids is 1. The average Bonchev–Trinajstić information content (AvgIpc) is 3.17. The molecule has 3 heterocycles. The van der Waals surface area contributed by atoms with Crippen LogP contribution in [0.15, 0.2) is 30.3 Å². The minimum atomic E-state index is -0.543. The second kappa shape index (κ2) is 7.93. The molecule has 0 aliphatic heterocycles. The van der Waals surface area contributed by atoms with Crippen LogP contribution in [0.2, 0.25) is 0 Å². The summed E-state index contributed by atoms with van der Waals surface area (Å²) in [7, 11) is 0. The van der Waals surface area contributed by atoms with Gasteiger partial charge >= 0.3 is 6.09 Å². The summed E-state index contributed by atoms with van der Waals surface area (Å²) < 4.78 is 10.2. The topological polar surface area (TPSA) is 61.9 Å². The molecule has 0 amide bonds. The number of imidazole rings is 1. The Labute approximate surface area is 195 Å². The number of fused-ring (bicyclic) bond motifs is 2. The molecule has 3 aromatic heterocycles. The Bertz CT molecular complexity index is 1310. The maximum Gasteiger partial charge on any atom is 0.419 e. The first-order valence-electron chi connectivity index (χ1n) is 10.4. The fourth-order valence-corrected chi connectivity index (χ4v) is 4.68. The first kappa shape index (κ1) is 21.8. The fraction of sp³-hybridized carbons (Fsp3) is 0.375. The molecule has 7 heteroatoms. The van der Waals surface area contributed by atoms with E-state index in [4.69, 9.17) is 14.7 Å². The van der Waals surface area contributed by atoms with Crippen molar-refractivity contribution in [3.05, 3.63) is 56.7 Å². The van der Waals surface area contributed by atoms with Crippen LogP contribution < -0.4 is 0 Å². The van der Waals surface area contributed by atoms with Crippen LogP contribution >= 0.6 is 22.6 Å². The molecule has 162 valence electrons. The molecule has 1 aromatic carbocycles. The second-order valence-electron chi connectivity index (χ2n) is 8.90. The second-order valence-corrected chi connectivity index (χ2v) is 10.0. The summed E-state index contributed by atoms with van der Waals surface area (Å²) in [5, 5.41) is 1.01. The largest absolute Gasteiger partial charge is 0.443 e. The maximum absolute atomic E-state index is 12.7. The first-order chi connectivity index (χ1) is 14.6. The Morgan fingerprint density at radius 2 is 1.87 bits per heavy atom. The molecule has 0 saturated carbocycles. The van der Waals surface area contributed by atoms with Gasteiger partial charge in [0.25, 0.3) is 0 Å². The summed E-state index contributed by atoms with van der Waals surface area (Å²) >= 11 is 2.18. The summed E-state index contributed by atoms with van der Waals surface area (Å²) in [5.74, 6) is 1.03. The van der Waals surface area contributed by atoms with Crippen molar-refractivity contribution in [2.75, 3.05) is 0 Å². The van der Waals surface area contributed by atoms with Gasteiger partial charge in [-0.2, -0.15) is 0 Å². The number of carbonyl (C=O) groups is 1. The standard InChI is InChI=1S/C24H27IN4O2/c1-7-20-27-21-14(2)10-15(3)26-22(21)28(20)13-16-8-9-18-17(11-16)12-19(25)29(18)23(30)31-24(4,5)6/h8-12H,7,13H2,1-6H3. The molecule has 4 rings (SSSR count). The van der Waals surface area contributed by atoms with Gasteiger partial charge in [0, 0.05) is 17.5 Å². The molecule has 0 spiro atoms. The minimum absolute atomic E-state index is 0.358. The number of benzene rings is 1.